The lowest BCUT2D eigenvalue weighted by Crippen LogP contribution is -2.13. The van der Waals surface area contributed by atoms with Gasteiger partial charge in [0.25, 0.3) is 0 Å². The summed E-state index contributed by atoms with van der Waals surface area (Å²) in [5, 5.41) is 4.44. The topological polar surface area (TPSA) is 24.9 Å². The summed E-state index contributed by atoms with van der Waals surface area (Å²) in [6.07, 6.45) is 3.68. The van der Waals surface area contributed by atoms with Gasteiger partial charge in [-0.25, -0.2) is 0 Å². The summed E-state index contributed by atoms with van der Waals surface area (Å²) < 4.78 is 1.09. The van der Waals surface area contributed by atoms with Crippen molar-refractivity contribution >= 4 is 26.8 Å². The molecule has 1 aromatic heterocycles. The predicted octanol–water partition coefficient (Wildman–Crippen LogP) is 3.27. The van der Waals surface area contributed by atoms with Crippen LogP contribution >= 0.6 is 15.9 Å². The molecular formula is C13H13BrN2. The van der Waals surface area contributed by atoms with E-state index >= 15 is 0 Å². The van der Waals surface area contributed by atoms with E-state index in [0.717, 1.165) is 28.5 Å². The van der Waals surface area contributed by atoms with Crippen LogP contribution in [0.5, 0.6) is 0 Å². The molecule has 0 aliphatic heterocycles. The lowest BCUT2D eigenvalue weighted by atomic mass is 10.1. The molecule has 0 saturated heterocycles. The Morgan fingerprint density at radius 3 is 3.06 bits per heavy atom. The summed E-state index contributed by atoms with van der Waals surface area (Å²) in [5.41, 5.74) is 2.26. The molecule has 0 radical (unpaired) electrons. The Morgan fingerprint density at radius 1 is 1.38 bits per heavy atom. The fourth-order valence-corrected chi connectivity index (χ4v) is 2.10. The number of benzene rings is 1. The molecule has 0 unspecified atom stereocenters. The van der Waals surface area contributed by atoms with Crippen LogP contribution in [0.15, 0.2) is 47.6 Å². The van der Waals surface area contributed by atoms with Crippen LogP contribution in [-0.2, 0) is 6.54 Å². The maximum Gasteiger partial charge on any atom is 0.0758 e. The summed E-state index contributed by atoms with van der Waals surface area (Å²) in [5.74, 6) is 0. The van der Waals surface area contributed by atoms with Crippen molar-refractivity contribution in [2.75, 3.05) is 6.54 Å². The van der Waals surface area contributed by atoms with Gasteiger partial charge in [0, 0.05) is 29.1 Å². The summed E-state index contributed by atoms with van der Waals surface area (Å²) >= 11 is 3.54. The van der Waals surface area contributed by atoms with Gasteiger partial charge >= 0.3 is 0 Å². The average molecular weight is 277 g/mol. The van der Waals surface area contributed by atoms with Crippen molar-refractivity contribution in [2.45, 2.75) is 6.54 Å². The highest BCUT2D eigenvalue weighted by molar-refractivity contribution is 9.10. The Morgan fingerprint density at radius 2 is 2.25 bits per heavy atom. The fourth-order valence-electron chi connectivity index (χ4n) is 1.65. The number of halogens is 1. The van der Waals surface area contributed by atoms with E-state index in [0.29, 0.717) is 0 Å². The quantitative estimate of drug-likeness (QED) is 0.685. The maximum absolute atomic E-state index is 4.42. The van der Waals surface area contributed by atoms with E-state index in [1.54, 1.807) is 0 Å². The molecular weight excluding hydrogens is 264 g/mol. The zero-order valence-electron chi connectivity index (χ0n) is 8.91. The van der Waals surface area contributed by atoms with Gasteiger partial charge in [-0.3, -0.25) is 4.98 Å². The summed E-state index contributed by atoms with van der Waals surface area (Å²) in [6.45, 7) is 5.30. The minimum absolute atomic E-state index is 0.810. The lowest BCUT2D eigenvalue weighted by Gasteiger charge is -2.07. The number of rotatable bonds is 4. The van der Waals surface area contributed by atoms with Gasteiger partial charge in [-0.2, -0.15) is 0 Å². The highest BCUT2D eigenvalue weighted by Crippen LogP contribution is 2.24. The van der Waals surface area contributed by atoms with Gasteiger partial charge in [-0.1, -0.05) is 34.1 Å². The average Bonchev–Trinajstić information content (AvgIpc) is 2.33. The van der Waals surface area contributed by atoms with E-state index in [1.807, 2.05) is 18.3 Å². The Hall–Kier alpha value is -1.19. The van der Waals surface area contributed by atoms with Crippen LogP contribution < -0.4 is 5.32 Å². The van der Waals surface area contributed by atoms with Gasteiger partial charge in [0.15, 0.2) is 0 Å². The van der Waals surface area contributed by atoms with Gasteiger partial charge in [-0.05, 0) is 17.7 Å². The number of nitrogens with zero attached hydrogens (tertiary/aromatic N) is 1. The highest BCUT2D eigenvalue weighted by Gasteiger charge is 2.04. The zero-order chi connectivity index (χ0) is 11.4. The van der Waals surface area contributed by atoms with E-state index in [2.05, 4.69) is 51.0 Å². The van der Waals surface area contributed by atoms with Crippen molar-refractivity contribution in [1.29, 1.82) is 0 Å². The number of nitrogens with one attached hydrogen (secondary N) is 1. The Bertz CT molecular complexity index is 508. The second-order valence-corrected chi connectivity index (χ2v) is 4.38. The number of pyridine rings is 1. The van der Waals surface area contributed by atoms with Crippen LogP contribution in [0.4, 0.5) is 0 Å². The van der Waals surface area contributed by atoms with Crippen molar-refractivity contribution in [3.05, 3.63) is 53.2 Å². The minimum atomic E-state index is 0.810. The Kier molecular flexibility index (Phi) is 3.70. The molecule has 0 atom stereocenters. The highest BCUT2D eigenvalue weighted by atomic mass is 79.9. The molecule has 0 saturated carbocycles. The van der Waals surface area contributed by atoms with E-state index in [9.17, 15) is 0 Å². The number of hydrogen-bond acceptors (Lipinski definition) is 2. The molecule has 82 valence electrons. The first-order valence-corrected chi connectivity index (χ1v) is 5.96. The summed E-state index contributed by atoms with van der Waals surface area (Å²) in [7, 11) is 0. The number of hydrogen-bond donors (Lipinski definition) is 1. The molecule has 16 heavy (non-hydrogen) atoms. The number of fused-ring (bicyclic) bond motifs is 1. The molecule has 2 aromatic rings. The molecule has 0 aliphatic rings. The molecule has 0 fully saturated rings. The van der Waals surface area contributed by atoms with Crippen LogP contribution in [0, 0.1) is 0 Å². The van der Waals surface area contributed by atoms with Gasteiger partial charge in [0.1, 0.15) is 0 Å². The fraction of sp³-hybridized carbons (Fsp3) is 0.154. The largest absolute Gasteiger partial charge is 0.309 e. The van der Waals surface area contributed by atoms with Gasteiger partial charge < -0.3 is 5.32 Å². The molecule has 0 amide bonds. The van der Waals surface area contributed by atoms with E-state index in [4.69, 9.17) is 0 Å². The molecule has 1 heterocycles. The van der Waals surface area contributed by atoms with Crippen LogP contribution in [-0.4, -0.2) is 11.5 Å². The van der Waals surface area contributed by atoms with Gasteiger partial charge in [0.2, 0.25) is 0 Å². The van der Waals surface area contributed by atoms with Crippen LogP contribution in [0.3, 0.4) is 0 Å². The molecule has 0 aliphatic carbocycles. The Labute approximate surface area is 104 Å². The monoisotopic (exact) mass is 276 g/mol. The molecule has 2 nitrogen and oxygen atoms in total. The van der Waals surface area contributed by atoms with Gasteiger partial charge in [-0.15, -0.1) is 6.58 Å². The summed E-state index contributed by atoms with van der Waals surface area (Å²) in [6, 6.07) is 8.18. The van der Waals surface area contributed by atoms with E-state index < -0.39 is 0 Å². The van der Waals surface area contributed by atoms with Crippen molar-refractivity contribution in [2.24, 2.45) is 0 Å². The third-order valence-electron chi connectivity index (χ3n) is 2.40. The van der Waals surface area contributed by atoms with Crippen LogP contribution in [0.2, 0.25) is 0 Å². The third kappa shape index (κ3) is 2.31. The predicted molar refractivity (Wildman–Crippen MR) is 71.3 cm³/mol. The molecule has 1 aromatic carbocycles. The first-order valence-electron chi connectivity index (χ1n) is 5.16. The van der Waals surface area contributed by atoms with Crippen molar-refractivity contribution < 1.29 is 0 Å². The first kappa shape index (κ1) is 11.3. The van der Waals surface area contributed by atoms with E-state index in [-0.39, 0.29) is 0 Å². The first-order chi connectivity index (χ1) is 7.83. The molecule has 0 bridgehead atoms. The SMILES string of the molecule is C=CCNCc1ccc(Br)c2cccnc12. The second-order valence-electron chi connectivity index (χ2n) is 3.53. The van der Waals surface area contributed by atoms with Crippen LogP contribution in [0.25, 0.3) is 10.9 Å². The maximum atomic E-state index is 4.42. The van der Waals surface area contributed by atoms with E-state index in [1.165, 1.54) is 5.56 Å². The molecule has 2 rings (SSSR count). The smallest absolute Gasteiger partial charge is 0.0758 e. The zero-order valence-corrected chi connectivity index (χ0v) is 10.5. The van der Waals surface area contributed by atoms with Crippen LogP contribution in [0.1, 0.15) is 5.56 Å². The minimum Gasteiger partial charge on any atom is -0.309 e. The van der Waals surface area contributed by atoms with Crippen molar-refractivity contribution in [1.82, 2.24) is 10.3 Å². The normalized spacial score (nSPS) is 10.6. The molecule has 1 N–H and O–H groups in total. The Balaban J connectivity index is 2.38. The molecule has 3 heteroatoms. The van der Waals surface area contributed by atoms with Crippen molar-refractivity contribution in [3.8, 4) is 0 Å². The summed E-state index contributed by atoms with van der Waals surface area (Å²) in [4.78, 5) is 4.42. The second kappa shape index (κ2) is 5.23. The lowest BCUT2D eigenvalue weighted by molar-refractivity contribution is 0.763. The third-order valence-corrected chi connectivity index (χ3v) is 3.10. The molecule has 0 spiro atoms. The van der Waals surface area contributed by atoms with Crippen molar-refractivity contribution in [3.63, 3.8) is 0 Å². The number of aromatic nitrogens is 1. The standard InChI is InChI=1S/C13H13BrN2/c1-2-7-15-9-10-5-6-12(14)11-4-3-8-16-13(10)11/h2-6,8,15H,1,7,9H2. The van der Waals surface area contributed by atoms with Gasteiger partial charge in [0.05, 0.1) is 5.52 Å².